The van der Waals surface area contributed by atoms with Crippen LogP contribution in [0, 0.1) is 11.3 Å². The molecule has 0 bridgehead atoms. The summed E-state index contributed by atoms with van der Waals surface area (Å²) >= 11 is 0. The first-order chi connectivity index (χ1) is 13.1. The van der Waals surface area contributed by atoms with Crippen LogP contribution in [-0.4, -0.2) is 48.7 Å². The van der Waals surface area contributed by atoms with E-state index in [1.807, 2.05) is 18.2 Å². The first-order valence-corrected chi connectivity index (χ1v) is 9.88. The van der Waals surface area contributed by atoms with Crippen LogP contribution in [-0.2, 0) is 9.59 Å². The minimum absolute atomic E-state index is 0.0317. The molecule has 0 radical (unpaired) electrons. The van der Waals surface area contributed by atoms with E-state index in [4.69, 9.17) is 9.47 Å². The molecule has 0 aromatic heterocycles. The molecule has 3 aliphatic rings. The van der Waals surface area contributed by atoms with E-state index < -0.39 is 11.4 Å². The monoisotopic (exact) mass is 373 g/mol. The van der Waals surface area contributed by atoms with Gasteiger partial charge in [-0.05, 0) is 18.9 Å². The predicted octanol–water partition coefficient (Wildman–Crippen LogP) is 3.05. The van der Waals surface area contributed by atoms with E-state index in [2.05, 4.69) is 0 Å². The Balaban J connectivity index is 1.65. The lowest BCUT2D eigenvalue weighted by Gasteiger charge is -2.36. The average molecular weight is 373 g/mol. The normalized spacial score (nSPS) is 27.9. The van der Waals surface area contributed by atoms with Crippen LogP contribution in [0.15, 0.2) is 18.2 Å². The minimum atomic E-state index is -1.08. The number of carbonyl (C=O) groups is 2. The highest BCUT2D eigenvalue weighted by molar-refractivity contribution is 5.84. The van der Waals surface area contributed by atoms with Crippen molar-refractivity contribution in [1.29, 1.82) is 0 Å². The molecule has 2 fully saturated rings. The average Bonchev–Trinajstić information content (AvgIpc) is 2.89. The minimum Gasteiger partial charge on any atom is -0.493 e. The fourth-order valence-corrected chi connectivity index (χ4v) is 5.01. The maximum absolute atomic E-state index is 13.2. The van der Waals surface area contributed by atoms with Gasteiger partial charge in [-0.3, -0.25) is 9.59 Å². The van der Waals surface area contributed by atoms with Gasteiger partial charge in [0, 0.05) is 30.5 Å². The molecule has 2 heterocycles. The van der Waals surface area contributed by atoms with Gasteiger partial charge in [-0.1, -0.05) is 37.8 Å². The topological polar surface area (TPSA) is 76.1 Å². The van der Waals surface area contributed by atoms with Gasteiger partial charge in [0.25, 0.3) is 0 Å². The molecule has 0 unspecified atom stereocenters. The van der Waals surface area contributed by atoms with Crippen LogP contribution in [0.5, 0.6) is 11.5 Å². The highest BCUT2D eigenvalue weighted by Gasteiger charge is 2.58. The third-order valence-electron chi connectivity index (χ3n) is 6.56. The Morgan fingerprint density at radius 1 is 1.22 bits per heavy atom. The number of benzene rings is 1. The second kappa shape index (κ2) is 7.06. The molecule has 146 valence electrons. The molecule has 1 aromatic carbocycles. The Hall–Kier alpha value is -2.24. The number of carboxylic acid groups (broad SMARTS) is 1. The van der Waals surface area contributed by atoms with Crippen molar-refractivity contribution in [2.24, 2.45) is 11.3 Å². The number of hydrogen-bond acceptors (Lipinski definition) is 4. The number of likely N-dealkylation sites (tertiary alicyclic amines) is 1. The third-order valence-corrected chi connectivity index (χ3v) is 6.56. The lowest BCUT2D eigenvalue weighted by Crippen LogP contribution is -2.46. The van der Waals surface area contributed by atoms with Crippen LogP contribution in [0.4, 0.5) is 0 Å². The molecule has 6 nitrogen and oxygen atoms in total. The molecule has 2 aliphatic heterocycles. The third kappa shape index (κ3) is 2.95. The maximum Gasteiger partial charge on any atom is 0.315 e. The molecular weight excluding hydrogens is 346 g/mol. The quantitative estimate of drug-likeness (QED) is 0.824. The van der Waals surface area contributed by atoms with Crippen LogP contribution in [0.2, 0.25) is 0 Å². The SMILES string of the molecule is COc1cccc2c1OC[C@]1(C(=O)O)CN(C(=O)C3CCCCCC3)C[C@H]21. The molecule has 6 heteroatoms. The molecule has 1 saturated carbocycles. The van der Waals surface area contributed by atoms with Crippen molar-refractivity contribution in [1.82, 2.24) is 4.90 Å². The molecule has 1 aliphatic carbocycles. The Morgan fingerprint density at radius 3 is 2.63 bits per heavy atom. The van der Waals surface area contributed by atoms with Gasteiger partial charge in [0.1, 0.15) is 12.0 Å². The van der Waals surface area contributed by atoms with Gasteiger partial charge < -0.3 is 19.5 Å². The van der Waals surface area contributed by atoms with Gasteiger partial charge in [0.2, 0.25) is 5.91 Å². The fourth-order valence-electron chi connectivity index (χ4n) is 5.01. The smallest absolute Gasteiger partial charge is 0.315 e. The van der Waals surface area contributed by atoms with E-state index in [0.717, 1.165) is 31.2 Å². The summed E-state index contributed by atoms with van der Waals surface area (Å²) in [6.07, 6.45) is 6.38. The number of hydrogen-bond donors (Lipinski definition) is 1. The Kier molecular flexibility index (Phi) is 4.74. The zero-order valence-electron chi connectivity index (χ0n) is 15.8. The van der Waals surface area contributed by atoms with Gasteiger partial charge >= 0.3 is 5.97 Å². The summed E-state index contributed by atoms with van der Waals surface area (Å²) in [6, 6.07) is 5.57. The summed E-state index contributed by atoms with van der Waals surface area (Å²) in [6.45, 7) is 0.721. The van der Waals surface area contributed by atoms with Crippen molar-refractivity contribution in [3.8, 4) is 11.5 Å². The summed E-state index contributed by atoms with van der Waals surface area (Å²) < 4.78 is 11.3. The Bertz CT molecular complexity index is 740. The summed E-state index contributed by atoms with van der Waals surface area (Å²) in [5.74, 6) is 0.215. The Morgan fingerprint density at radius 2 is 1.96 bits per heavy atom. The standard InChI is InChI=1S/C21H27NO5/c1-26-17-10-6-9-15-16-11-22(19(23)14-7-4-2-3-5-8-14)12-21(16,20(24)25)13-27-18(15)17/h6,9-10,14,16H,2-5,7-8,11-13H2,1H3,(H,24,25)/t16-,21-/m1/s1. The van der Waals surface area contributed by atoms with Crippen LogP contribution in [0.25, 0.3) is 0 Å². The van der Waals surface area contributed by atoms with Gasteiger partial charge in [-0.2, -0.15) is 0 Å². The van der Waals surface area contributed by atoms with E-state index >= 15 is 0 Å². The van der Waals surface area contributed by atoms with E-state index in [1.165, 1.54) is 12.8 Å². The van der Waals surface area contributed by atoms with Crippen LogP contribution >= 0.6 is 0 Å². The van der Waals surface area contributed by atoms with Crippen molar-refractivity contribution in [3.05, 3.63) is 23.8 Å². The highest BCUT2D eigenvalue weighted by Crippen LogP contribution is 2.52. The van der Waals surface area contributed by atoms with Crippen molar-refractivity contribution < 1.29 is 24.2 Å². The van der Waals surface area contributed by atoms with E-state index in [9.17, 15) is 14.7 Å². The number of amides is 1. The number of ether oxygens (including phenoxy) is 2. The van der Waals surface area contributed by atoms with Gasteiger partial charge in [-0.15, -0.1) is 0 Å². The maximum atomic E-state index is 13.2. The number of para-hydroxylation sites is 1. The summed E-state index contributed by atoms with van der Waals surface area (Å²) in [4.78, 5) is 27.2. The zero-order valence-corrected chi connectivity index (χ0v) is 15.8. The first kappa shape index (κ1) is 18.1. The predicted molar refractivity (Wildman–Crippen MR) is 99.1 cm³/mol. The molecule has 1 N–H and O–H groups in total. The van der Waals surface area contributed by atoms with Gasteiger partial charge in [0.15, 0.2) is 11.5 Å². The summed E-state index contributed by atoms with van der Waals surface area (Å²) in [5.41, 5.74) is -0.251. The van der Waals surface area contributed by atoms with E-state index in [-0.39, 0.29) is 30.9 Å². The van der Waals surface area contributed by atoms with E-state index in [0.29, 0.717) is 18.0 Å². The van der Waals surface area contributed by atoms with Gasteiger partial charge in [0.05, 0.1) is 7.11 Å². The number of fused-ring (bicyclic) bond motifs is 3. The molecule has 4 rings (SSSR count). The lowest BCUT2D eigenvalue weighted by molar-refractivity contribution is -0.152. The highest BCUT2D eigenvalue weighted by atomic mass is 16.5. The van der Waals surface area contributed by atoms with Crippen molar-refractivity contribution >= 4 is 11.9 Å². The van der Waals surface area contributed by atoms with Crippen LogP contribution in [0.3, 0.4) is 0 Å². The van der Waals surface area contributed by atoms with E-state index in [1.54, 1.807) is 12.0 Å². The van der Waals surface area contributed by atoms with Crippen LogP contribution < -0.4 is 9.47 Å². The number of carbonyl (C=O) groups excluding carboxylic acids is 1. The second-order valence-corrected chi connectivity index (χ2v) is 8.09. The fraction of sp³-hybridized carbons (Fsp3) is 0.619. The lowest BCUT2D eigenvalue weighted by atomic mass is 9.73. The number of carboxylic acids is 1. The number of nitrogens with zero attached hydrogens (tertiary/aromatic N) is 1. The molecule has 1 saturated heterocycles. The molecule has 27 heavy (non-hydrogen) atoms. The zero-order chi connectivity index (χ0) is 19.0. The van der Waals surface area contributed by atoms with Crippen molar-refractivity contribution in [2.45, 2.75) is 44.4 Å². The number of methoxy groups -OCH3 is 1. The molecule has 0 spiro atoms. The van der Waals surface area contributed by atoms with Crippen LogP contribution in [0.1, 0.15) is 50.0 Å². The molecule has 1 aromatic rings. The molecule has 1 amide bonds. The summed E-state index contributed by atoms with van der Waals surface area (Å²) in [7, 11) is 1.58. The largest absolute Gasteiger partial charge is 0.493 e. The van der Waals surface area contributed by atoms with Crippen molar-refractivity contribution in [3.63, 3.8) is 0 Å². The Labute approximate surface area is 159 Å². The number of rotatable bonds is 3. The second-order valence-electron chi connectivity index (χ2n) is 8.09. The molecule has 2 atom stereocenters. The summed E-state index contributed by atoms with van der Waals surface area (Å²) in [5, 5.41) is 10.1. The first-order valence-electron chi connectivity index (χ1n) is 9.88. The van der Waals surface area contributed by atoms with Crippen molar-refractivity contribution in [2.75, 3.05) is 26.8 Å². The molecular formula is C21H27NO5. The number of aliphatic carboxylic acids is 1. The van der Waals surface area contributed by atoms with Gasteiger partial charge in [-0.25, -0.2) is 0 Å².